The molecule has 2 amide bonds. The van der Waals surface area contributed by atoms with E-state index in [2.05, 4.69) is 17.1 Å². The highest BCUT2D eigenvalue weighted by Crippen LogP contribution is 2.23. The van der Waals surface area contributed by atoms with E-state index in [9.17, 15) is 9.59 Å². The van der Waals surface area contributed by atoms with Crippen molar-refractivity contribution in [1.82, 2.24) is 15.1 Å². The Morgan fingerprint density at radius 1 is 1.04 bits per heavy atom. The lowest BCUT2D eigenvalue weighted by Crippen LogP contribution is -2.52. The second-order valence-corrected chi connectivity index (χ2v) is 7.37. The van der Waals surface area contributed by atoms with Crippen molar-refractivity contribution in [3.05, 3.63) is 35.9 Å². The second kappa shape index (κ2) is 8.48. The summed E-state index contributed by atoms with van der Waals surface area (Å²) in [5.41, 5.74) is 0.736. The van der Waals surface area contributed by atoms with Crippen LogP contribution in [-0.4, -0.2) is 60.4 Å². The first-order valence-corrected chi connectivity index (χ1v) is 9.49. The normalized spacial score (nSPS) is 24.8. The lowest BCUT2D eigenvalue weighted by Gasteiger charge is -2.35. The maximum atomic E-state index is 12.5. The largest absolute Gasteiger partial charge is 0.352 e. The van der Waals surface area contributed by atoms with E-state index in [1.165, 1.54) is 19.3 Å². The van der Waals surface area contributed by atoms with Gasteiger partial charge in [-0.1, -0.05) is 38.0 Å². The smallest absolute Gasteiger partial charge is 0.253 e. The van der Waals surface area contributed by atoms with Crippen molar-refractivity contribution >= 4 is 11.8 Å². The molecule has 1 aromatic rings. The molecule has 1 aliphatic carbocycles. The predicted molar refractivity (Wildman–Crippen MR) is 98.3 cm³/mol. The maximum Gasteiger partial charge on any atom is 0.253 e. The Morgan fingerprint density at radius 3 is 2.40 bits per heavy atom. The van der Waals surface area contributed by atoms with E-state index in [1.807, 2.05) is 35.2 Å². The van der Waals surface area contributed by atoms with Gasteiger partial charge in [-0.05, 0) is 30.9 Å². The molecule has 1 saturated heterocycles. The molecule has 1 heterocycles. The molecule has 0 radical (unpaired) electrons. The molecule has 0 aromatic heterocycles. The Balaban J connectivity index is 1.43. The summed E-state index contributed by atoms with van der Waals surface area (Å²) in [6.07, 6.45) is 4.82. The van der Waals surface area contributed by atoms with Crippen LogP contribution < -0.4 is 5.32 Å². The highest BCUT2D eigenvalue weighted by molar-refractivity contribution is 5.94. The molecule has 3 rings (SSSR count). The van der Waals surface area contributed by atoms with Crippen LogP contribution in [0.15, 0.2) is 30.3 Å². The Labute approximate surface area is 150 Å². The van der Waals surface area contributed by atoms with E-state index >= 15 is 0 Å². The van der Waals surface area contributed by atoms with Gasteiger partial charge in [-0.3, -0.25) is 14.5 Å². The van der Waals surface area contributed by atoms with Crippen LogP contribution in [0.4, 0.5) is 0 Å². The summed E-state index contributed by atoms with van der Waals surface area (Å²) in [5, 5.41) is 3.21. The van der Waals surface area contributed by atoms with Gasteiger partial charge in [0.1, 0.15) is 0 Å². The molecule has 0 spiro atoms. The molecule has 5 heteroatoms. The lowest BCUT2D eigenvalue weighted by atomic mass is 9.86. The fraction of sp³-hybridized carbons (Fsp3) is 0.600. The van der Waals surface area contributed by atoms with E-state index in [1.54, 1.807) is 0 Å². The first-order valence-electron chi connectivity index (χ1n) is 9.49. The zero-order valence-corrected chi connectivity index (χ0v) is 15.1. The lowest BCUT2D eigenvalue weighted by molar-refractivity contribution is -0.123. The highest BCUT2D eigenvalue weighted by Gasteiger charge is 2.26. The van der Waals surface area contributed by atoms with Crippen molar-refractivity contribution in [3.8, 4) is 0 Å². The van der Waals surface area contributed by atoms with Crippen LogP contribution in [0.3, 0.4) is 0 Å². The Kier molecular flexibility index (Phi) is 6.08. The molecule has 1 aliphatic heterocycles. The minimum absolute atomic E-state index is 0.0840. The Bertz CT molecular complexity index is 582. The quantitative estimate of drug-likeness (QED) is 0.911. The van der Waals surface area contributed by atoms with E-state index in [0.717, 1.165) is 25.1 Å². The first kappa shape index (κ1) is 17.9. The van der Waals surface area contributed by atoms with E-state index in [4.69, 9.17) is 0 Å². The third-order valence-corrected chi connectivity index (χ3v) is 5.51. The monoisotopic (exact) mass is 343 g/mol. The van der Waals surface area contributed by atoms with Gasteiger partial charge >= 0.3 is 0 Å². The molecule has 25 heavy (non-hydrogen) atoms. The van der Waals surface area contributed by atoms with Crippen molar-refractivity contribution < 1.29 is 9.59 Å². The molecule has 0 bridgehead atoms. The van der Waals surface area contributed by atoms with Gasteiger partial charge in [0.15, 0.2) is 0 Å². The number of amides is 2. The zero-order valence-electron chi connectivity index (χ0n) is 15.1. The molecule has 2 atom stereocenters. The van der Waals surface area contributed by atoms with Gasteiger partial charge in [0, 0.05) is 37.8 Å². The van der Waals surface area contributed by atoms with Gasteiger partial charge in [0.2, 0.25) is 5.91 Å². The molecule has 136 valence electrons. The van der Waals surface area contributed by atoms with Crippen molar-refractivity contribution in [2.45, 2.75) is 38.6 Å². The first-order chi connectivity index (χ1) is 12.1. The maximum absolute atomic E-state index is 12.5. The summed E-state index contributed by atoms with van der Waals surface area (Å²) >= 11 is 0. The molecule has 1 saturated carbocycles. The molecule has 2 fully saturated rings. The molecule has 2 unspecified atom stereocenters. The van der Waals surface area contributed by atoms with Crippen molar-refractivity contribution in [3.63, 3.8) is 0 Å². The second-order valence-electron chi connectivity index (χ2n) is 7.37. The summed E-state index contributed by atoms with van der Waals surface area (Å²) in [7, 11) is 0. The van der Waals surface area contributed by atoms with Gasteiger partial charge in [-0.2, -0.15) is 0 Å². The third kappa shape index (κ3) is 4.82. The molecular formula is C20H29N3O2. The van der Waals surface area contributed by atoms with E-state index in [0.29, 0.717) is 31.6 Å². The molecule has 2 aliphatic rings. The van der Waals surface area contributed by atoms with Crippen LogP contribution in [0.25, 0.3) is 0 Å². The molecule has 5 nitrogen and oxygen atoms in total. The average Bonchev–Trinajstić information content (AvgIpc) is 2.64. The Hall–Kier alpha value is -1.88. The minimum Gasteiger partial charge on any atom is -0.352 e. The van der Waals surface area contributed by atoms with Crippen LogP contribution in [0.5, 0.6) is 0 Å². The van der Waals surface area contributed by atoms with Gasteiger partial charge in [0.25, 0.3) is 5.91 Å². The summed E-state index contributed by atoms with van der Waals surface area (Å²) < 4.78 is 0. The van der Waals surface area contributed by atoms with Crippen molar-refractivity contribution in [2.24, 2.45) is 5.92 Å². The summed E-state index contributed by atoms with van der Waals surface area (Å²) in [6.45, 7) is 5.55. The van der Waals surface area contributed by atoms with Crippen LogP contribution in [0.1, 0.15) is 43.0 Å². The highest BCUT2D eigenvalue weighted by atomic mass is 16.2. The topological polar surface area (TPSA) is 52.7 Å². The summed E-state index contributed by atoms with van der Waals surface area (Å²) in [5.74, 6) is 0.792. The molecule has 1 N–H and O–H groups in total. The van der Waals surface area contributed by atoms with Crippen LogP contribution in [0, 0.1) is 5.92 Å². The standard InChI is InChI=1S/C20H29N3O2/c1-16-7-5-6-10-18(16)21-19(24)15-22-11-13-23(14-12-22)20(25)17-8-3-2-4-9-17/h2-4,8-9,16,18H,5-7,10-15H2,1H3,(H,21,24). The van der Waals surface area contributed by atoms with Gasteiger partial charge in [-0.15, -0.1) is 0 Å². The molecule has 1 aromatic carbocycles. The zero-order chi connectivity index (χ0) is 17.6. The van der Waals surface area contributed by atoms with Gasteiger partial charge in [0.05, 0.1) is 6.54 Å². The number of hydrogen-bond donors (Lipinski definition) is 1. The van der Waals surface area contributed by atoms with Crippen molar-refractivity contribution in [2.75, 3.05) is 32.7 Å². The minimum atomic E-state index is 0.0840. The van der Waals surface area contributed by atoms with E-state index < -0.39 is 0 Å². The third-order valence-electron chi connectivity index (χ3n) is 5.51. The fourth-order valence-electron chi connectivity index (χ4n) is 3.86. The number of nitrogens with one attached hydrogen (secondary N) is 1. The fourth-order valence-corrected chi connectivity index (χ4v) is 3.86. The number of carbonyl (C=O) groups is 2. The number of piperazine rings is 1. The van der Waals surface area contributed by atoms with Gasteiger partial charge < -0.3 is 10.2 Å². The number of carbonyl (C=O) groups excluding carboxylic acids is 2. The van der Waals surface area contributed by atoms with Gasteiger partial charge in [-0.25, -0.2) is 0 Å². The number of hydrogen-bond acceptors (Lipinski definition) is 3. The number of benzene rings is 1. The number of rotatable bonds is 4. The van der Waals surface area contributed by atoms with Crippen molar-refractivity contribution in [1.29, 1.82) is 0 Å². The van der Waals surface area contributed by atoms with Crippen LogP contribution in [0.2, 0.25) is 0 Å². The van der Waals surface area contributed by atoms with E-state index in [-0.39, 0.29) is 11.8 Å². The number of nitrogens with zero attached hydrogens (tertiary/aromatic N) is 2. The predicted octanol–water partition coefficient (Wildman–Crippen LogP) is 2.14. The summed E-state index contributed by atoms with van der Waals surface area (Å²) in [6, 6.07) is 9.74. The van der Waals surface area contributed by atoms with Crippen LogP contribution in [-0.2, 0) is 4.79 Å². The SMILES string of the molecule is CC1CCCCC1NC(=O)CN1CCN(C(=O)c2ccccc2)CC1. The van der Waals surface area contributed by atoms with Crippen LogP contribution >= 0.6 is 0 Å². The summed E-state index contributed by atoms with van der Waals surface area (Å²) in [4.78, 5) is 28.8. The Morgan fingerprint density at radius 2 is 1.72 bits per heavy atom. The average molecular weight is 343 g/mol. The molecular weight excluding hydrogens is 314 g/mol.